The van der Waals surface area contributed by atoms with Crippen molar-refractivity contribution in [3.63, 3.8) is 0 Å². The van der Waals surface area contributed by atoms with Gasteiger partial charge in [-0.25, -0.2) is 18.2 Å². The zero-order valence-corrected chi connectivity index (χ0v) is 18.4. The van der Waals surface area contributed by atoms with Crippen LogP contribution >= 0.6 is 0 Å². The summed E-state index contributed by atoms with van der Waals surface area (Å²) < 4.78 is 43.5. The second-order valence-corrected chi connectivity index (χ2v) is 9.59. The van der Waals surface area contributed by atoms with E-state index in [2.05, 4.69) is 15.6 Å². The highest BCUT2D eigenvalue weighted by Crippen LogP contribution is 2.31. The Bertz CT molecular complexity index is 976. The molecule has 9 heteroatoms. The monoisotopic (exact) mass is 438 g/mol. The van der Waals surface area contributed by atoms with E-state index in [-0.39, 0.29) is 17.1 Å². The summed E-state index contributed by atoms with van der Waals surface area (Å²) in [5.74, 6) is -3.90. The lowest BCUT2D eigenvalue weighted by Crippen LogP contribution is -2.56. The molecule has 1 amide bonds. The molecule has 3 rings (SSSR count). The van der Waals surface area contributed by atoms with Crippen molar-refractivity contribution in [3.05, 3.63) is 41.0 Å². The lowest BCUT2D eigenvalue weighted by molar-refractivity contribution is -0.00382. The van der Waals surface area contributed by atoms with Crippen molar-refractivity contribution in [1.82, 2.24) is 20.2 Å². The molecule has 1 aromatic carbocycles. The Labute approximate surface area is 179 Å². The maximum Gasteiger partial charge on any atom is 0.272 e. The van der Waals surface area contributed by atoms with Crippen molar-refractivity contribution in [2.75, 3.05) is 6.54 Å². The number of nitrogens with zero attached hydrogens (tertiary/aromatic N) is 2. The molecule has 1 aromatic heterocycles. The van der Waals surface area contributed by atoms with E-state index in [0.29, 0.717) is 37.8 Å². The van der Waals surface area contributed by atoms with Crippen LogP contribution in [0.25, 0.3) is 11.4 Å². The number of fused-ring (bicyclic) bond motifs is 1. The standard InChI is InChI=1S/C22H29F3N4O2/c1-21(2,3)20(22(4,5)31)28-19(30)17-16-11-26-7-6-8-29(16)18(27-17)12-9-14(24)15(25)10-13(12)23/h9-10,20,26,31H,6-8,11H2,1-5H3,(H,28,30). The smallest absolute Gasteiger partial charge is 0.272 e. The Morgan fingerprint density at radius 1 is 1.16 bits per heavy atom. The molecule has 1 aliphatic heterocycles. The lowest BCUT2D eigenvalue weighted by Gasteiger charge is -2.39. The average molecular weight is 438 g/mol. The van der Waals surface area contributed by atoms with Gasteiger partial charge in [0.1, 0.15) is 11.6 Å². The number of aromatic nitrogens is 2. The number of carbonyl (C=O) groups excluding carboxylic acids is 1. The summed E-state index contributed by atoms with van der Waals surface area (Å²) in [7, 11) is 0. The van der Waals surface area contributed by atoms with Crippen LogP contribution in [0, 0.1) is 22.9 Å². The Balaban J connectivity index is 2.10. The second kappa shape index (κ2) is 8.27. The fraction of sp³-hybridized carbons (Fsp3) is 0.545. The first-order chi connectivity index (χ1) is 14.3. The largest absolute Gasteiger partial charge is 0.388 e. The third-order valence-electron chi connectivity index (χ3n) is 5.41. The predicted molar refractivity (Wildman–Crippen MR) is 111 cm³/mol. The number of amides is 1. The first kappa shape index (κ1) is 23.3. The van der Waals surface area contributed by atoms with E-state index in [1.165, 1.54) is 0 Å². The fourth-order valence-corrected chi connectivity index (χ4v) is 4.21. The van der Waals surface area contributed by atoms with Crippen LogP contribution in [0.15, 0.2) is 12.1 Å². The van der Waals surface area contributed by atoms with Crippen molar-refractivity contribution in [1.29, 1.82) is 0 Å². The van der Waals surface area contributed by atoms with Crippen LogP contribution in [0.5, 0.6) is 0 Å². The van der Waals surface area contributed by atoms with Crippen molar-refractivity contribution in [2.24, 2.45) is 5.41 Å². The molecule has 0 fully saturated rings. The first-order valence-corrected chi connectivity index (χ1v) is 10.3. The Hall–Kier alpha value is -2.39. The van der Waals surface area contributed by atoms with E-state index >= 15 is 0 Å². The van der Waals surface area contributed by atoms with Gasteiger partial charge in [-0.05, 0) is 38.3 Å². The zero-order chi connectivity index (χ0) is 23.1. The molecule has 2 aromatic rings. The highest BCUT2D eigenvalue weighted by atomic mass is 19.2. The number of imidazole rings is 1. The molecule has 0 spiro atoms. The normalized spacial score (nSPS) is 15.9. The molecule has 0 saturated carbocycles. The Kier molecular flexibility index (Phi) is 6.21. The van der Waals surface area contributed by atoms with E-state index in [1.54, 1.807) is 18.4 Å². The summed E-state index contributed by atoms with van der Waals surface area (Å²) in [5.41, 5.74) is -1.30. The van der Waals surface area contributed by atoms with Gasteiger partial charge in [-0.3, -0.25) is 4.79 Å². The molecule has 1 atom stereocenters. The average Bonchev–Trinajstić information content (AvgIpc) is 2.82. The number of carbonyl (C=O) groups is 1. The molecule has 31 heavy (non-hydrogen) atoms. The molecule has 1 aliphatic rings. The molecule has 170 valence electrons. The van der Waals surface area contributed by atoms with Crippen molar-refractivity contribution in [3.8, 4) is 11.4 Å². The quantitative estimate of drug-likeness (QED) is 0.640. The van der Waals surface area contributed by atoms with Gasteiger partial charge in [0.15, 0.2) is 17.3 Å². The molecule has 0 saturated heterocycles. The molecule has 2 heterocycles. The molecular weight excluding hydrogens is 409 g/mol. The summed E-state index contributed by atoms with van der Waals surface area (Å²) in [4.78, 5) is 17.6. The van der Waals surface area contributed by atoms with E-state index in [0.717, 1.165) is 6.07 Å². The van der Waals surface area contributed by atoms with Gasteiger partial charge in [0.2, 0.25) is 0 Å². The molecule has 0 bridgehead atoms. The third kappa shape index (κ3) is 4.77. The molecule has 0 aliphatic carbocycles. The van der Waals surface area contributed by atoms with E-state index < -0.39 is 40.4 Å². The van der Waals surface area contributed by atoms with E-state index in [9.17, 15) is 23.1 Å². The van der Waals surface area contributed by atoms with Gasteiger partial charge < -0.3 is 20.3 Å². The van der Waals surface area contributed by atoms with Crippen molar-refractivity contribution in [2.45, 2.75) is 65.8 Å². The van der Waals surface area contributed by atoms with Crippen LogP contribution in [0.1, 0.15) is 57.2 Å². The van der Waals surface area contributed by atoms with Crippen LogP contribution in [-0.4, -0.2) is 38.8 Å². The maximum atomic E-state index is 14.5. The summed E-state index contributed by atoms with van der Waals surface area (Å²) in [6.45, 7) is 10.3. The Morgan fingerprint density at radius 2 is 1.81 bits per heavy atom. The molecule has 6 nitrogen and oxygen atoms in total. The van der Waals surface area contributed by atoms with Crippen LogP contribution in [0.4, 0.5) is 13.2 Å². The number of hydrogen-bond donors (Lipinski definition) is 3. The van der Waals surface area contributed by atoms with Gasteiger partial charge in [-0.2, -0.15) is 0 Å². The number of nitrogens with one attached hydrogen (secondary N) is 2. The summed E-state index contributed by atoms with van der Waals surface area (Å²) in [6, 6.07) is 0.632. The van der Waals surface area contributed by atoms with Gasteiger partial charge in [0.05, 0.1) is 22.9 Å². The highest BCUT2D eigenvalue weighted by molar-refractivity contribution is 5.94. The van der Waals surface area contributed by atoms with Crippen LogP contribution < -0.4 is 10.6 Å². The van der Waals surface area contributed by atoms with Crippen LogP contribution in [0.2, 0.25) is 0 Å². The molecular formula is C22H29F3N4O2. The first-order valence-electron chi connectivity index (χ1n) is 10.3. The number of benzene rings is 1. The lowest BCUT2D eigenvalue weighted by atomic mass is 9.77. The SMILES string of the molecule is CC(C)(C)C(NC(=O)c1nc(-c2cc(F)c(F)cc2F)n2c1CNCCC2)C(C)(C)O. The maximum absolute atomic E-state index is 14.5. The molecule has 1 unspecified atom stereocenters. The van der Waals surface area contributed by atoms with Gasteiger partial charge in [0, 0.05) is 19.2 Å². The summed E-state index contributed by atoms with van der Waals surface area (Å²) in [5, 5.41) is 16.6. The van der Waals surface area contributed by atoms with Crippen molar-refractivity contribution >= 4 is 5.91 Å². The zero-order valence-electron chi connectivity index (χ0n) is 18.4. The fourth-order valence-electron chi connectivity index (χ4n) is 4.21. The number of aliphatic hydroxyl groups is 1. The number of hydrogen-bond acceptors (Lipinski definition) is 4. The van der Waals surface area contributed by atoms with Crippen LogP contribution in [0.3, 0.4) is 0 Å². The third-order valence-corrected chi connectivity index (χ3v) is 5.41. The Morgan fingerprint density at radius 3 is 2.42 bits per heavy atom. The topological polar surface area (TPSA) is 79.2 Å². The second-order valence-electron chi connectivity index (χ2n) is 9.59. The summed E-state index contributed by atoms with van der Waals surface area (Å²) >= 11 is 0. The van der Waals surface area contributed by atoms with Crippen LogP contribution in [-0.2, 0) is 13.1 Å². The van der Waals surface area contributed by atoms with Gasteiger partial charge in [-0.15, -0.1) is 0 Å². The minimum atomic E-state index is -1.29. The molecule has 0 radical (unpaired) electrons. The van der Waals surface area contributed by atoms with E-state index in [1.807, 2.05) is 20.8 Å². The van der Waals surface area contributed by atoms with E-state index in [4.69, 9.17) is 0 Å². The predicted octanol–water partition coefficient (Wildman–Crippen LogP) is 3.38. The number of rotatable bonds is 4. The number of halogens is 3. The summed E-state index contributed by atoms with van der Waals surface area (Å²) in [6.07, 6.45) is 0.691. The minimum Gasteiger partial charge on any atom is -0.388 e. The van der Waals surface area contributed by atoms with Gasteiger partial charge >= 0.3 is 0 Å². The van der Waals surface area contributed by atoms with Gasteiger partial charge in [0.25, 0.3) is 5.91 Å². The molecule has 3 N–H and O–H groups in total. The highest BCUT2D eigenvalue weighted by Gasteiger charge is 2.39. The minimum absolute atomic E-state index is 0.0621. The van der Waals surface area contributed by atoms with Crippen molar-refractivity contribution < 1.29 is 23.1 Å². The van der Waals surface area contributed by atoms with Gasteiger partial charge in [-0.1, -0.05) is 20.8 Å².